The molecule has 1 aromatic carbocycles. The maximum atomic E-state index is 13.7. The summed E-state index contributed by atoms with van der Waals surface area (Å²) >= 11 is 5.84. The van der Waals surface area contributed by atoms with Crippen molar-refractivity contribution in [3.63, 3.8) is 0 Å². The van der Waals surface area contributed by atoms with E-state index in [1.807, 2.05) is 24.3 Å². The van der Waals surface area contributed by atoms with E-state index in [-0.39, 0.29) is 12.1 Å². The number of halogens is 2. The molecule has 4 heteroatoms. The third-order valence-corrected chi connectivity index (χ3v) is 3.50. The summed E-state index contributed by atoms with van der Waals surface area (Å²) in [4.78, 5) is 0. The molecular formula is C14H19ClFNO. The summed E-state index contributed by atoms with van der Waals surface area (Å²) in [6.07, 6.45) is 0.510. The average molecular weight is 272 g/mol. The summed E-state index contributed by atoms with van der Waals surface area (Å²) in [5.41, 5.74) is -0.0865. The summed E-state index contributed by atoms with van der Waals surface area (Å²) in [6, 6.07) is 8.02. The van der Waals surface area contributed by atoms with Crippen LogP contribution >= 0.6 is 11.6 Å². The highest BCUT2D eigenvalue weighted by molar-refractivity contribution is 6.30. The highest BCUT2D eigenvalue weighted by atomic mass is 35.5. The van der Waals surface area contributed by atoms with E-state index in [9.17, 15) is 4.39 Å². The average Bonchev–Trinajstić information content (AvgIpc) is 2.32. The molecule has 0 aliphatic carbocycles. The van der Waals surface area contributed by atoms with Gasteiger partial charge in [-0.15, -0.1) is 0 Å². The highest BCUT2D eigenvalue weighted by Crippen LogP contribution is 2.21. The predicted molar refractivity (Wildman–Crippen MR) is 71.9 cm³/mol. The van der Waals surface area contributed by atoms with Crippen molar-refractivity contribution in [1.29, 1.82) is 0 Å². The SMILES string of the molecule is CC(C)(F)C1CN[C@@H](Cc2ccc(Cl)cc2)CO1. The zero-order valence-electron chi connectivity index (χ0n) is 10.7. The molecule has 1 fully saturated rings. The van der Waals surface area contributed by atoms with Crippen LogP contribution < -0.4 is 5.32 Å². The van der Waals surface area contributed by atoms with Crippen LogP contribution in [-0.2, 0) is 11.2 Å². The summed E-state index contributed by atoms with van der Waals surface area (Å²) in [5.74, 6) is 0. The lowest BCUT2D eigenvalue weighted by Crippen LogP contribution is -2.53. The molecule has 1 N–H and O–H groups in total. The lowest BCUT2D eigenvalue weighted by molar-refractivity contribution is -0.0727. The van der Waals surface area contributed by atoms with E-state index in [0.29, 0.717) is 13.2 Å². The lowest BCUT2D eigenvalue weighted by atomic mass is 10.00. The Labute approximate surface area is 112 Å². The Hall–Kier alpha value is -0.640. The zero-order valence-corrected chi connectivity index (χ0v) is 11.5. The third-order valence-electron chi connectivity index (χ3n) is 3.25. The van der Waals surface area contributed by atoms with Crippen molar-refractivity contribution in [3.05, 3.63) is 34.9 Å². The van der Waals surface area contributed by atoms with E-state index in [0.717, 1.165) is 11.4 Å². The van der Waals surface area contributed by atoms with Gasteiger partial charge >= 0.3 is 0 Å². The zero-order chi connectivity index (χ0) is 13.2. The first-order valence-corrected chi connectivity index (χ1v) is 6.61. The Morgan fingerprint density at radius 3 is 2.56 bits per heavy atom. The maximum Gasteiger partial charge on any atom is 0.132 e. The molecule has 1 aromatic rings. The van der Waals surface area contributed by atoms with Gasteiger partial charge in [0.05, 0.1) is 6.61 Å². The van der Waals surface area contributed by atoms with Crippen LogP contribution in [0.15, 0.2) is 24.3 Å². The predicted octanol–water partition coefficient (Wildman–Crippen LogP) is 2.99. The molecule has 2 nitrogen and oxygen atoms in total. The number of benzene rings is 1. The molecule has 1 unspecified atom stereocenters. The van der Waals surface area contributed by atoms with Crippen molar-refractivity contribution < 1.29 is 9.13 Å². The van der Waals surface area contributed by atoms with E-state index < -0.39 is 5.67 Å². The molecule has 0 amide bonds. The Balaban J connectivity index is 1.85. The minimum atomic E-state index is -1.29. The third kappa shape index (κ3) is 3.67. The van der Waals surface area contributed by atoms with E-state index >= 15 is 0 Å². The van der Waals surface area contributed by atoms with E-state index in [4.69, 9.17) is 16.3 Å². The number of morpholine rings is 1. The first kappa shape index (κ1) is 13.8. The second-order valence-electron chi connectivity index (χ2n) is 5.32. The van der Waals surface area contributed by atoms with Crippen LogP contribution in [-0.4, -0.2) is 31.0 Å². The number of hydrogen-bond donors (Lipinski definition) is 1. The van der Waals surface area contributed by atoms with Crippen LogP contribution in [0.2, 0.25) is 5.02 Å². The van der Waals surface area contributed by atoms with E-state index in [2.05, 4.69) is 5.32 Å². The molecule has 0 spiro atoms. The minimum Gasteiger partial charge on any atom is -0.372 e. The van der Waals surface area contributed by atoms with Crippen molar-refractivity contribution in [2.45, 2.75) is 38.1 Å². The first-order chi connectivity index (χ1) is 8.45. The quantitative estimate of drug-likeness (QED) is 0.913. The summed E-state index contributed by atoms with van der Waals surface area (Å²) in [6.45, 7) is 4.21. The van der Waals surface area contributed by atoms with Gasteiger partial charge in [-0.25, -0.2) is 4.39 Å². The van der Waals surface area contributed by atoms with Crippen LogP contribution in [0, 0.1) is 0 Å². The van der Waals surface area contributed by atoms with Crippen LogP contribution in [0.4, 0.5) is 4.39 Å². The molecule has 0 aromatic heterocycles. The Kier molecular flexibility index (Phi) is 4.25. The van der Waals surface area contributed by atoms with E-state index in [1.54, 1.807) is 13.8 Å². The molecule has 1 aliphatic heterocycles. The maximum absolute atomic E-state index is 13.7. The Morgan fingerprint density at radius 2 is 2.06 bits per heavy atom. The van der Waals surface area contributed by atoms with Crippen molar-refractivity contribution in [2.24, 2.45) is 0 Å². The molecule has 0 bridgehead atoms. The fraction of sp³-hybridized carbons (Fsp3) is 0.571. The molecule has 1 aliphatic rings. The highest BCUT2D eigenvalue weighted by Gasteiger charge is 2.33. The fourth-order valence-corrected chi connectivity index (χ4v) is 2.23. The summed E-state index contributed by atoms with van der Waals surface area (Å²) < 4.78 is 19.3. The number of alkyl halides is 1. The molecule has 2 rings (SSSR count). The van der Waals surface area contributed by atoms with Gasteiger partial charge in [0, 0.05) is 17.6 Å². The Bertz CT molecular complexity index is 380. The fourth-order valence-electron chi connectivity index (χ4n) is 2.10. The van der Waals surface area contributed by atoms with Gasteiger partial charge in [0.25, 0.3) is 0 Å². The molecule has 0 saturated carbocycles. The van der Waals surface area contributed by atoms with Gasteiger partial charge in [0.1, 0.15) is 11.8 Å². The van der Waals surface area contributed by atoms with Gasteiger partial charge in [-0.2, -0.15) is 0 Å². The van der Waals surface area contributed by atoms with Crippen LogP contribution in [0.25, 0.3) is 0 Å². The molecule has 2 atom stereocenters. The number of hydrogen-bond acceptors (Lipinski definition) is 2. The summed E-state index contributed by atoms with van der Waals surface area (Å²) in [7, 11) is 0. The van der Waals surface area contributed by atoms with Crippen molar-refractivity contribution in [1.82, 2.24) is 5.32 Å². The van der Waals surface area contributed by atoms with E-state index in [1.165, 1.54) is 5.56 Å². The molecule has 18 heavy (non-hydrogen) atoms. The second kappa shape index (κ2) is 5.55. The van der Waals surface area contributed by atoms with Gasteiger partial charge in [-0.1, -0.05) is 23.7 Å². The van der Waals surface area contributed by atoms with Crippen LogP contribution in [0.1, 0.15) is 19.4 Å². The molecular weight excluding hydrogens is 253 g/mol. The lowest BCUT2D eigenvalue weighted by Gasteiger charge is -2.35. The minimum absolute atomic E-state index is 0.241. The topological polar surface area (TPSA) is 21.3 Å². The second-order valence-corrected chi connectivity index (χ2v) is 5.76. The standard InChI is InChI=1S/C14H19ClFNO/c1-14(2,16)13-8-17-12(9-18-13)7-10-3-5-11(15)6-4-10/h3-6,12-13,17H,7-9H2,1-2H3/t12-,13?/m0/s1. The van der Waals surface area contributed by atoms with Crippen molar-refractivity contribution in [3.8, 4) is 0 Å². The molecule has 1 heterocycles. The van der Waals surface area contributed by atoms with Gasteiger partial charge in [0.2, 0.25) is 0 Å². The number of rotatable bonds is 3. The molecule has 1 saturated heterocycles. The van der Waals surface area contributed by atoms with Crippen molar-refractivity contribution >= 4 is 11.6 Å². The van der Waals surface area contributed by atoms with Crippen LogP contribution in [0.3, 0.4) is 0 Å². The molecule has 100 valence electrons. The smallest absolute Gasteiger partial charge is 0.132 e. The number of ether oxygens (including phenoxy) is 1. The van der Waals surface area contributed by atoms with Gasteiger partial charge in [-0.3, -0.25) is 0 Å². The largest absolute Gasteiger partial charge is 0.372 e. The normalized spacial score (nSPS) is 25.1. The first-order valence-electron chi connectivity index (χ1n) is 6.23. The Morgan fingerprint density at radius 1 is 1.39 bits per heavy atom. The van der Waals surface area contributed by atoms with Crippen molar-refractivity contribution in [2.75, 3.05) is 13.2 Å². The molecule has 0 radical (unpaired) electrons. The number of nitrogens with one attached hydrogen (secondary N) is 1. The van der Waals surface area contributed by atoms with Gasteiger partial charge in [0.15, 0.2) is 0 Å². The van der Waals surface area contributed by atoms with Gasteiger partial charge in [-0.05, 0) is 38.0 Å². The summed E-state index contributed by atoms with van der Waals surface area (Å²) in [5, 5.41) is 4.08. The van der Waals surface area contributed by atoms with Gasteiger partial charge < -0.3 is 10.1 Å². The van der Waals surface area contributed by atoms with Crippen LogP contribution in [0.5, 0.6) is 0 Å². The monoisotopic (exact) mass is 271 g/mol.